The normalized spacial score (nSPS) is 11.0. The van der Waals surface area contributed by atoms with Gasteiger partial charge >= 0.3 is 18.1 Å². The second kappa shape index (κ2) is 7.49. The number of halogens is 3. The van der Waals surface area contributed by atoms with Gasteiger partial charge in [-0.25, -0.2) is 9.78 Å². The summed E-state index contributed by atoms with van der Waals surface area (Å²) in [4.78, 5) is 26.3. The van der Waals surface area contributed by atoms with Gasteiger partial charge in [0.25, 0.3) is 0 Å². The molecule has 0 fully saturated rings. The third kappa shape index (κ3) is 5.00. The largest absolute Gasteiger partial charge is 0.471 e. The maximum Gasteiger partial charge on any atom is 0.471 e. The fraction of sp³-hybridized carbons (Fsp3) is 0.214. The molecular weight excluding hydrogens is 327 g/mol. The van der Waals surface area contributed by atoms with Crippen LogP contribution >= 0.6 is 0 Å². The van der Waals surface area contributed by atoms with Crippen molar-refractivity contribution in [1.82, 2.24) is 20.2 Å². The van der Waals surface area contributed by atoms with Crippen molar-refractivity contribution < 1.29 is 22.8 Å². The quantitative estimate of drug-likeness (QED) is 0.723. The van der Waals surface area contributed by atoms with Crippen molar-refractivity contribution in [2.45, 2.75) is 6.18 Å². The van der Waals surface area contributed by atoms with Gasteiger partial charge in [-0.3, -0.25) is 4.79 Å². The van der Waals surface area contributed by atoms with Crippen LogP contribution in [-0.2, 0) is 4.79 Å². The van der Waals surface area contributed by atoms with Crippen LogP contribution in [0.25, 0.3) is 5.82 Å². The Morgan fingerprint density at radius 3 is 2.54 bits per heavy atom. The van der Waals surface area contributed by atoms with E-state index in [1.54, 1.807) is 46.7 Å². The summed E-state index contributed by atoms with van der Waals surface area (Å²) in [5.74, 6) is -1.38. The molecule has 3 N–H and O–H groups in total. The van der Waals surface area contributed by atoms with Crippen LogP contribution in [0.3, 0.4) is 0 Å². The van der Waals surface area contributed by atoms with Crippen LogP contribution in [-0.4, -0.2) is 40.8 Å². The summed E-state index contributed by atoms with van der Waals surface area (Å²) in [6.07, 6.45) is 0.0237. The standard InChI is InChI=1S/C14H14F3N5O2/c15-14(16,17)12(23)19-6-7-20-13(24)21-10-4-8-22(9-10)11-3-1-2-5-18-11/h1-5,8-9H,6-7H2,(H,19,23)(H2,20,21,24). The molecule has 0 atom stereocenters. The SMILES string of the molecule is O=C(NCCNC(=O)C(F)(F)F)Nc1ccn(-c2ccccn2)c1. The number of urea groups is 1. The minimum absolute atomic E-state index is 0.144. The first-order chi connectivity index (χ1) is 11.4. The summed E-state index contributed by atoms with van der Waals surface area (Å²) in [5.41, 5.74) is 0.484. The molecule has 2 heterocycles. The monoisotopic (exact) mass is 341 g/mol. The molecule has 2 aromatic heterocycles. The summed E-state index contributed by atoms with van der Waals surface area (Å²) in [6, 6.07) is 6.41. The third-order valence-corrected chi connectivity index (χ3v) is 2.82. The molecule has 3 amide bonds. The van der Waals surface area contributed by atoms with E-state index in [0.717, 1.165) is 0 Å². The Morgan fingerprint density at radius 1 is 1.12 bits per heavy atom. The highest BCUT2D eigenvalue weighted by Gasteiger charge is 2.38. The van der Waals surface area contributed by atoms with Crippen molar-refractivity contribution >= 4 is 17.6 Å². The average molecular weight is 341 g/mol. The lowest BCUT2D eigenvalue weighted by atomic mass is 10.4. The van der Waals surface area contributed by atoms with E-state index in [1.807, 2.05) is 6.07 Å². The van der Waals surface area contributed by atoms with Crippen molar-refractivity contribution in [2.75, 3.05) is 18.4 Å². The van der Waals surface area contributed by atoms with E-state index in [9.17, 15) is 22.8 Å². The predicted octanol–water partition coefficient (Wildman–Crippen LogP) is 1.67. The summed E-state index contributed by atoms with van der Waals surface area (Å²) in [5, 5.41) is 6.50. The van der Waals surface area contributed by atoms with Gasteiger partial charge in [-0.15, -0.1) is 0 Å². The van der Waals surface area contributed by atoms with Crippen molar-refractivity contribution in [3.05, 3.63) is 42.9 Å². The van der Waals surface area contributed by atoms with Gasteiger partial charge in [-0.2, -0.15) is 13.2 Å². The number of amides is 3. The molecule has 0 bridgehead atoms. The molecular formula is C14H14F3N5O2. The van der Waals surface area contributed by atoms with Crippen molar-refractivity contribution in [1.29, 1.82) is 0 Å². The van der Waals surface area contributed by atoms with Crippen molar-refractivity contribution in [3.63, 3.8) is 0 Å². The first kappa shape index (κ1) is 17.3. The highest BCUT2D eigenvalue weighted by atomic mass is 19.4. The Labute approximate surface area is 134 Å². The number of aromatic nitrogens is 2. The van der Waals surface area contributed by atoms with Gasteiger partial charge in [0.1, 0.15) is 5.82 Å². The van der Waals surface area contributed by atoms with Crippen LogP contribution in [0.15, 0.2) is 42.9 Å². The maximum atomic E-state index is 11.9. The van der Waals surface area contributed by atoms with Crippen molar-refractivity contribution in [2.24, 2.45) is 0 Å². The number of hydrogen-bond donors (Lipinski definition) is 3. The van der Waals surface area contributed by atoms with Gasteiger partial charge in [-0.1, -0.05) is 6.07 Å². The molecule has 10 heteroatoms. The van der Waals surface area contributed by atoms with Crippen LogP contribution in [0.1, 0.15) is 0 Å². The van der Waals surface area contributed by atoms with E-state index in [0.29, 0.717) is 11.5 Å². The number of nitrogens with one attached hydrogen (secondary N) is 3. The second-order valence-corrected chi connectivity index (χ2v) is 4.63. The van der Waals surface area contributed by atoms with Gasteiger partial charge in [-0.05, 0) is 18.2 Å². The van der Waals surface area contributed by atoms with E-state index >= 15 is 0 Å². The lowest BCUT2D eigenvalue weighted by Gasteiger charge is -2.09. The highest BCUT2D eigenvalue weighted by molar-refractivity contribution is 5.89. The Bertz CT molecular complexity index is 700. The van der Waals surface area contributed by atoms with E-state index in [2.05, 4.69) is 15.6 Å². The van der Waals surface area contributed by atoms with E-state index in [1.165, 1.54) is 0 Å². The summed E-state index contributed by atoms with van der Waals surface area (Å²) < 4.78 is 37.5. The van der Waals surface area contributed by atoms with Gasteiger partial charge < -0.3 is 20.5 Å². The molecule has 2 rings (SSSR count). The molecule has 0 radical (unpaired) electrons. The van der Waals surface area contributed by atoms with Crippen LogP contribution in [0.5, 0.6) is 0 Å². The Kier molecular flexibility index (Phi) is 5.40. The zero-order valence-electron chi connectivity index (χ0n) is 12.3. The van der Waals surface area contributed by atoms with Gasteiger partial charge in [0.15, 0.2) is 0 Å². The lowest BCUT2D eigenvalue weighted by molar-refractivity contribution is -0.173. The predicted molar refractivity (Wildman–Crippen MR) is 79.7 cm³/mol. The number of carbonyl (C=O) groups excluding carboxylic acids is 2. The molecule has 0 unspecified atom stereocenters. The first-order valence-corrected chi connectivity index (χ1v) is 6.85. The molecule has 24 heavy (non-hydrogen) atoms. The fourth-order valence-electron chi connectivity index (χ4n) is 1.75. The van der Waals surface area contributed by atoms with E-state index in [-0.39, 0.29) is 13.1 Å². The Hall–Kier alpha value is -3.04. The smallest absolute Gasteiger partial charge is 0.347 e. The topological polar surface area (TPSA) is 88.0 Å². The summed E-state index contributed by atoms with van der Waals surface area (Å²) in [6.45, 7) is -0.477. The number of pyridine rings is 1. The summed E-state index contributed by atoms with van der Waals surface area (Å²) >= 11 is 0. The Morgan fingerprint density at radius 2 is 1.88 bits per heavy atom. The molecule has 7 nitrogen and oxygen atoms in total. The van der Waals surface area contributed by atoms with Crippen molar-refractivity contribution in [3.8, 4) is 5.82 Å². The molecule has 2 aromatic rings. The molecule has 0 aliphatic heterocycles. The van der Waals surface area contributed by atoms with E-state index in [4.69, 9.17) is 0 Å². The number of anilines is 1. The van der Waals surface area contributed by atoms with Crippen LogP contribution < -0.4 is 16.0 Å². The van der Waals surface area contributed by atoms with Gasteiger partial charge in [0.05, 0.1) is 5.69 Å². The first-order valence-electron chi connectivity index (χ1n) is 6.85. The van der Waals surface area contributed by atoms with Gasteiger partial charge in [0.2, 0.25) is 0 Å². The number of nitrogens with zero attached hydrogens (tertiary/aromatic N) is 2. The molecule has 0 saturated carbocycles. The van der Waals surface area contributed by atoms with Gasteiger partial charge in [0, 0.05) is 31.7 Å². The van der Waals surface area contributed by atoms with Crippen LogP contribution in [0.2, 0.25) is 0 Å². The van der Waals surface area contributed by atoms with Crippen LogP contribution in [0, 0.1) is 0 Å². The zero-order valence-corrected chi connectivity index (χ0v) is 12.3. The molecule has 0 spiro atoms. The fourth-order valence-corrected chi connectivity index (χ4v) is 1.75. The minimum Gasteiger partial charge on any atom is -0.347 e. The summed E-state index contributed by atoms with van der Waals surface area (Å²) in [7, 11) is 0. The minimum atomic E-state index is -4.93. The molecule has 0 aliphatic carbocycles. The molecule has 0 saturated heterocycles. The number of rotatable bonds is 5. The molecule has 128 valence electrons. The third-order valence-electron chi connectivity index (χ3n) is 2.82. The van der Waals surface area contributed by atoms with Crippen LogP contribution in [0.4, 0.5) is 23.7 Å². The average Bonchev–Trinajstić information content (AvgIpc) is 2.99. The highest BCUT2D eigenvalue weighted by Crippen LogP contribution is 2.14. The Balaban J connectivity index is 1.75. The number of carbonyl (C=O) groups is 2. The number of hydrogen-bond acceptors (Lipinski definition) is 3. The zero-order chi connectivity index (χ0) is 17.6. The molecule has 0 aromatic carbocycles. The molecule has 0 aliphatic rings. The lowest BCUT2D eigenvalue weighted by Crippen LogP contribution is -2.41. The second-order valence-electron chi connectivity index (χ2n) is 4.63. The maximum absolute atomic E-state index is 11.9. The number of alkyl halides is 3. The van der Waals surface area contributed by atoms with E-state index < -0.39 is 18.1 Å².